The predicted molar refractivity (Wildman–Crippen MR) is 65.3 cm³/mol. The van der Waals surface area contributed by atoms with Gasteiger partial charge in [0.2, 0.25) is 5.95 Å². The third-order valence-electron chi connectivity index (χ3n) is 2.03. The van der Waals surface area contributed by atoms with Crippen LogP contribution >= 0.6 is 11.3 Å². The van der Waals surface area contributed by atoms with Crippen molar-refractivity contribution in [2.45, 2.75) is 19.9 Å². The second-order valence-electron chi connectivity index (χ2n) is 3.48. The molecule has 0 aliphatic carbocycles. The number of hydrogen-bond donors (Lipinski definition) is 2. The highest BCUT2D eigenvalue weighted by Gasteiger charge is 2.10. The van der Waals surface area contributed by atoms with E-state index in [1.165, 1.54) is 4.88 Å². The molecule has 84 valence electrons. The van der Waals surface area contributed by atoms with Crippen LogP contribution in [-0.2, 0) is 0 Å². The van der Waals surface area contributed by atoms with Crippen LogP contribution in [0, 0.1) is 6.92 Å². The van der Waals surface area contributed by atoms with Crippen molar-refractivity contribution in [3.8, 4) is 0 Å². The summed E-state index contributed by atoms with van der Waals surface area (Å²) in [7, 11) is 0. The minimum atomic E-state index is 0.0838. The maximum Gasteiger partial charge on any atom is 0.225 e. The van der Waals surface area contributed by atoms with Crippen LogP contribution in [0.5, 0.6) is 0 Å². The van der Waals surface area contributed by atoms with Gasteiger partial charge in [-0.3, -0.25) is 0 Å². The van der Waals surface area contributed by atoms with E-state index in [2.05, 4.69) is 20.3 Å². The monoisotopic (exact) mass is 235 g/mol. The molecule has 0 radical (unpaired) electrons. The van der Waals surface area contributed by atoms with Crippen LogP contribution in [0.15, 0.2) is 18.5 Å². The van der Waals surface area contributed by atoms with Crippen LogP contribution in [0.3, 0.4) is 0 Å². The molecule has 2 aromatic rings. The zero-order chi connectivity index (χ0) is 11.5. The summed E-state index contributed by atoms with van der Waals surface area (Å²) in [5.41, 5.74) is 5.57. The molecule has 6 heteroatoms. The van der Waals surface area contributed by atoms with Gasteiger partial charge in [-0.1, -0.05) is 0 Å². The Morgan fingerprint density at radius 1 is 1.44 bits per heavy atom. The lowest BCUT2D eigenvalue weighted by Crippen LogP contribution is -2.09. The molecular weight excluding hydrogens is 222 g/mol. The molecular formula is C10H13N5S. The fourth-order valence-corrected chi connectivity index (χ4v) is 2.05. The van der Waals surface area contributed by atoms with Crippen molar-refractivity contribution in [2.24, 2.45) is 0 Å². The van der Waals surface area contributed by atoms with Crippen molar-refractivity contribution in [1.82, 2.24) is 15.0 Å². The first-order valence-corrected chi connectivity index (χ1v) is 5.74. The summed E-state index contributed by atoms with van der Waals surface area (Å²) in [6.07, 6.45) is 3.49. The molecule has 0 fully saturated rings. The number of nitrogens with zero attached hydrogens (tertiary/aromatic N) is 3. The van der Waals surface area contributed by atoms with Gasteiger partial charge < -0.3 is 11.1 Å². The molecule has 2 heterocycles. The lowest BCUT2D eigenvalue weighted by atomic mass is 10.3. The molecule has 5 nitrogen and oxygen atoms in total. The Labute approximate surface area is 97.8 Å². The van der Waals surface area contributed by atoms with Gasteiger partial charge in [-0.05, 0) is 19.9 Å². The fourth-order valence-electron chi connectivity index (χ4n) is 1.27. The van der Waals surface area contributed by atoms with E-state index < -0.39 is 0 Å². The fraction of sp³-hybridized carbons (Fsp3) is 0.300. The van der Waals surface area contributed by atoms with Crippen molar-refractivity contribution in [3.63, 3.8) is 0 Å². The first-order chi connectivity index (χ1) is 7.65. The summed E-state index contributed by atoms with van der Waals surface area (Å²) in [5.74, 6) is 0.986. The number of nitrogens with two attached hydrogens (primary N) is 1. The average Bonchev–Trinajstić information content (AvgIpc) is 2.65. The Morgan fingerprint density at radius 2 is 2.25 bits per heavy atom. The molecule has 0 spiro atoms. The van der Waals surface area contributed by atoms with Crippen molar-refractivity contribution in [1.29, 1.82) is 0 Å². The standard InChI is InChI=1S/C10H13N5S/c1-6-5-13-9(16-6)7(2)14-10-12-4-3-8(11)15-10/h3-5,7H,1-2H3,(H3,11,12,14,15). The summed E-state index contributed by atoms with van der Waals surface area (Å²) in [5, 5.41) is 4.18. The number of hydrogen-bond acceptors (Lipinski definition) is 6. The summed E-state index contributed by atoms with van der Waals surface area (Å²) in [4.78, 5) is 13.7. The van der Waals surface area contributed by atoms with Gasteiger partial charge in [-0.25, -0.2) is 9.97 Å². The van der Waals surface area contributed by atoms with E-state index in [0.717, 1.165) is 5.01 Å². The maximum absolute atomic E-state index is 5.57. The second-order valence-corrected chi connectivity index (χ2v) is 4.75. The van der Waals surface area contributed by atoms with E-state index in [-0.39, 0.29) is 6.04 Å². The lowest BCUT2D eigenvalue weighted by Gasteiger charge is -2.10. The van der Waals surface area contributed by atoms with Crippen molar-refractivity contribution >= 4 is 23.1 Å². The Balaban J connectivity index is 2.10. The number of rotatable bonds is 3. The number of aromatic nitrogens is 3. The molecule has 1 atom stereocenters. The van der Waals surface area contributed by atoms with Crippen molar-refractivity contribution in [2.75, 3.05) is 11.1 Å². The van der Waals surface area contributed by atoms with Crippen LogP contribution in [0.25, 0.3) is 0 Å². The van der Waals surface area contributed by atoms with Crippen molar-refractivity contribution in [3.05, 3.63) is 28.3 Å². The number of thiazole rings is 1. The lowest BCUT2D eigenvalue weighted by molar-refractivity contribution is 0.849. The van der Waals surface area contributed by atoms with Gasteiger partial charge in [0.1, 0.15) is 10.8 Å². The number of nitrogen functional groups attached to an aromatic ring is 1. The first-order valence-electron chi connectivity index (χ1n) is 4.92. The molecule has 0 saturated heterocycles. The predicted octanol–water partition coefficient (Wildman–Crippen LogP) is 2.00. The first kappa shape index (κ1) is 10.8. The highest BCUT2D eigenvalue weighted by Crippen LogP contribution is 2.21. The molecule has 0 bridgehead atoms. The molecule has 16 heavy (non-hydrogen) atoms. The Morgan fingerprint density at radius 3 is 2.88 bits per heavy atom. The maximum atomic E-state index is 5.57. The summed E-state index contributed by atoms with van der Waals surface area (Å²) in [6, 6.07) is 1.74. The molecule has 2 rings (SSSR count). The number of aryl methyl sites for hydroxylation is 1. The Kier molecular flexibility index (Phi) is 3.00. The van der Waals surface area contributed by atoms with E-state index in [4.69, 9.17) is 5.73 Å². The number of nitrogens with one attached hydrogen (secondary N) is 1. The summed E-state index contributed by atoms with van der Waals surface area (Å²) in [6.45, 7) is 4.05. The van der Waals surface area contributed by atoms with Gasteiger partial charge in [-0.2, -0.15) is 4.98 Å². The average molecular weight is 235 g/mol. The van der Waals surface area contributed by atoms with Gasteiger partial charge >= 0.3 is 0 Å². The molecule has 3 N–H and O–H groups in total. The van der Waals surface area contributed by atoms with Gasteiger partial charge in [-0.15, -0.1) is 11.3 Å². The third kappa shape index (κ3) is 2.46. The van der Waals surface area contributed by atoms with E-state index in [9.17, 15) is 0 Å². The van der Waals surface area contributed by atoms with E-state index >= 15 is 0 Å². The SMILES string of the molecule is Cc1cnc(C(C)Nc2nccc(N)n2)s1. The molecule has 0 aliphatic rings. The van der Waals surface area contributed by atoms with E-state index in [0.29, 0.717) is 11.8 Å². The summed E-state index contributed by atoms with van der Waals surface area (Å²) < 4.78 is 0. The molecule has 0 amide bonds. The quantitative estimate of drug-likeness (QED) is 0.850. The van der Waals surface area contributed by atoms with E-state index in [1.807, 2.05) is 20.0 Å². The third-order valence-corrected chi connectivity index (χ3v) is 3.13. The minimum Gasteiger partial charge on any atom is -0.384 e. The Bertz CT molecular complexity index is 482. The molecule has 0 saturated carbocycles. The van der Waals surface area contributed by atoms with Crippen LogP contribution in [-0.4, -0.2) is 15.0 Å². The highest BCUT2D eigenvalue weighted by molar-refractivity contribution is 7.11. The van der Waals surface area contributed by atoms with Crippen LogP contribution in [0.2, 0.25) is 0 Å². The molecule has 2 aromatic heterocycles. The van der Waals surface area contributed by atoms with Gasteiger partial charge in [0.05, 0.1) is 6.04 Å². The molecule has 1 unspecified atom stereocenters. The smallest absolute Gasteiger partial charge is 0.225 e. The largest absolute Gasteiger partial charge is 0.384 e. The van der Waals surface area contributed by atoms with Gasteiger partial charge in [0.15, 0.2) is 0 Å². The zero-order valence-electron chi connectivity index (χ0n) is 9.14. The van der Waals surface area contributed by atoms with Gasteiger partial charge in [0.25, 0.3) is 0 Å². The molecule has 0 aliphatic heterocycles. The van der Waals surface area contributed by atoms with Crippen LogP contribution in [0.1, 0.15) is 22.9 Å². The minimum absolute atomic E-state index is 0.0838. The van der Waals surface area contributed by atoms with Crippen LogP contribution < -0.4 is 11.1 Å². The normalized spacial score (nSPS) is 12.4. The molecule has 0 aromatic carbocycles. The van der Waals surface area contributed by atoms with Gasteiger partial charge in [0, 0.05) is 17.3 Å². The number of anilines is 2. The van der Waals surface area contributed by atoms with Crippen LogP contribution in [0.4, 0.5) is 11.8 Å². The topological polar surface area (TPSA) is 76.7 Å². The second kappa shape index (κ2) is 4.44. The van der Waals surface area contributed by atoms with E-state index in [1.54, 1.807) is 23.6 Å². The highest BCUT2D eigenvalue weighted by atomic mass is 32.1. The summed E-state index contributed by atoms with van der Waals surface area (Å²) >= 11 is 1.66. The zero-order valence-corrected chi connectivity index (χ0v) is 9.95. The van der Waals surface area contributed by atoms with Crippen molar-refractivity contribution < 1.29 is 0 Å². The Hall–Kier alpha value is -1.69.